The van der Waals surface area contributed by atoms with Gasteiger partial charge in [0.15, 0.2) is 9.84 Å². The zero-order valence-electron chi connectivity index (χ0n) is 15.8. The summed E-state index contributed by atoms with van der Waals surface area (Å²) in [6.07, 6.45) is 4.37. The predicted molar refractivity (Wildman–Crippen MR) is 107 cm³/mol. The van der Waals surface area contributed by atoms with Crippen molar-refractivity contribution < 1.29 is 21.6 Å². The first-order valence-corrected chi connectivity index (χ1v) is 12.6. The fraction of sp³-hybridized carbons (Fsp3) is 0.526. The third kappa shape index (κ3) is 5.42. The van der Waals surface area contributed by atoms with Gasteiger partial charge in [0.05, 0.1) is 16.7 Å². The first kappa shape index (κ1) is 21.0. The molecule has 0 aromatic heterocycles. The van der Waals surface area contributed by atoms with Gasteiger partial charge in [-0.05, 0) is 56.7 Å². The van der Waals surface area contributed by atoms with Crippen molar-refractivity contribution in [3.8, 4) is 0 Å². The monoisotopic (exact) mass is 426 g/mol. The van der Waals surface area contributed by atoms with E-state index in [9.17, 15) is 21.6 Å². The molecule has 28 heavy (non-hydrogen) atoms. The van der Waals surface area contributed by atoms with Crippen LogP contribution in [0, 0.1) is 18.8 Å². The quantitative estimate of drug-likeness (QED) is 0.717. The van der Waals surface area contributed by atoms with Crippen molar-refractivity contribution in [2.24, 2.45) is 11.8 Å². The van der Waals surface area contributed by atoms with Crippen molar-refractivity contribution in [1.29, 1.82) is 0 Å². The lowest BCUT2D eigenvalue weighted by Crippen LogP contribution is -2.41. The van der Waals surface area contributed by atoms with Crippen LogP contribution in [0.4, 0.5) is 0 Å². The summed E-state index contributed by atoms with van der Waals surface area (Å²) in [4.78, 5) is 12.6. The largest absolute Gasteiger partial charge is 0.349 e. The Labute approximate surface area is 166 Å². The molecule has 0 bridgehead atoms. The Morgan fingerprint density at radius 1 is 1.11 bits per heavy atom. The van der Waals surface area contributed by atoms with Crippen molar-refractivity contribution in [3.63, 3.8) is 0 Å². The molecule has 1 heterocycles. The highest BCUT2D eigenvalue weighted by Crippen LogP contribution is 2.29. The molecule has 7 nitrogen and oxygen atoms in total. The Morgan fingerprint density at radius 3 is 2.32 bits per heavy atom. The predicted octanol–water partition coefficient (Wildman–Crippen LogP) is 1.51. The summed E-state index contributed by atoms with van der Waals surface area (Å²) in [5.41, 5.74) is 1.00. The molecule has 2 aliphatic rings. The zero-order chi connectivity index (χ0) is 20.4. The third-order valence-corrected chi connectivity index (χ3v) is 8.20. The van der Waals surface area contributed by atoms with Gasteiger partial charge in [0.2, 0.25) is 15.9 Å². The topological polar surface area (TPSA) is 109 Å². The second-order valence-corrected chi connectivity index (χ2v) is 11.4. The molecule has 1 aliphatic heterocycles. The second kappa shape index (κ2) is 8.34. The lowest BCUT2D eigenvalue weighted by atomic mass is 9.81. The van der Waals surface area contributed by atoms with E-state index in [-0.39, 0.29) is 28.4 Å². The number of sulfonamides is 1. The maximum atomic E-state index is 12.4. The van der Waals surface area contributed by atoms with Crippen LogP contribution in [0.2, 0.25) is 0 Å². The Hall–Kier alpha value is -1.71. The number of sulfone groups is 1. The summed E-state index contributed by atoms with van der Waals surface area (Å²) in [6, 6.07) is 6.27. The Bertz CT molecular complexity index is 945. The minimum atomic E-state index is -3.53. The SMILES string of the molecule is Cc1ccc(S(=O)(=O)NCC2CCC(C(=O)N[C@H]3C=CS(=O)(=O)C3)CC2)cc1. The molecule has 3 rings (SSSR count). The van der Waals surface area contributed by atoms with E-state index in [0.717, 1.165) is 23.8 Å². The molecule has 9 heteroatoms. The fourth-order valence-corrected chi connectivity index (χ4v) is 5.97. The van der Waals surface area contributed by atoms with Gasteiger partial charge >= 0.3 is 0 Å². The second-order valence-electron chi connectivity index (χ2n) is 7.66. The molecule has 1 aromatic carbocycles. The van der Waals surface area contributed by atoms with E-state index in [4.69, 9.17) is 0 Å². The standard InChI is InChI=1S/C19H26N2O5S2/c1-14-2-8-18(9-3-14)28(25,26)20-12-15-4-6-16(7-5-15)19(22)21-17-10-11-27(23,24)13-17/h2-3,8-11,15-17,20H,4-7,12-13H2,1H3,(H,21,22)/t15?,16?,17-/m0/s1. The number of nitrogens with one attached hydrogen (secondary N) is 2. The summed E-state index contributed by atoms with van der Waals surface area (Å²) in [6.45, 7) is 2.26. The Kier molecular flexibility index (Phi) is 6.26. The third-order valence-electron chi connectivity index (χ3n) is 5.37. The summed E-state index contributed by atoms with van der Waals surface area (Å²) in [7, 11) is -6.71. The smallest absolute Gasteiger partial charge is 0.240 e. The minimum Gasteiger partial charge on any atom is -0.349 e. The highest BCUT2D eigenvalue weighted by molar-refractivity contribution is 7.94. The van der Waals surface area contributed by atoms with E-state index >= 15 is 0 Å². The summed E-state index contributed by atoms with van der Waals surface area (Å²) in [5.74, 6) is -0.155. The van der Waals surface area contributed by atoms with Gasteiger partial charge in [0.1, 0.15) is 0 Å². The molecular weight excluding hydrogens is 400 g/mol. The van der Waals surface area contributed by atoms with E-state index in [1.54, 1.807) is 24.3 Å². The zero-order valence-corrected chi connectivity index (χ0v) is 17.4. The average molecular weight is 427 g/mol. The van der Waals surface area contributed by atoms with E-state index in [1.807, 2.05) is 6.92 Å². The van der Waals surface area contributed by atoms with E-state index in [2.05, 4.69) is 10.0 Å². The lowest BCUT2D eigenvalue weighted by Gasteiger charge is -2.28. The molecule has 1 atom stereocenters. The highest BCUT2D eigenvalue weighted by Gasteiger charge is 2.30. The minimum absolute atomic E-state index is 0.0745. The molecule has 2 N–H and O–H groups in total. The first-order chi connectivity index (χ1) is 13.1. The Morgan fingerprint density at radius 2 is 1.75 bits per heavy atom. The number of aryl methyl sites for hydroxylation is 1. The van der Waals surface area contributed by atoms with Gasteiger partial charge in [0, 0.05) is 17.9 Å². The van der Waals surface area contributed by atoms with Crippen LogP contribution in [0.15, 0.2) is 40.6 Å². The van der Waals surface area contributed by atoms with Crippen molar-refractivity contribution in [2.75, 3.05) is 12.3 Å². The van der Waals surface area contributed by atoms with E-state index in [0.29, 0.717) is 19.4 Å². The van der Waals surface area contributed by atoms with Gasteiger partial charge in [-0.3, -0.25) is 4.79 Å². The average Bonchev–Trinajstić information content (AvgIpc) is 2.99. The number of hydrogen-bond acceptors (Lipinski definition) is 5. The molecule has 0 radical (unpaired) electrons. The molecule has 1 aromatic rings. The lowest BCUT2D eigenvalue weighted by molar-refractivity contribution is -0.126. The molecule has 0 spiro atoms. The normalized spacial score (nSPS) is 26.8. The number of hydrogen-bond donors (Lipinski definition) is 2. The molecular formula is C19H26N2O5S2. The number of amides is 1. The van der Waals surface area contributed by atoms with Crippen molar-refractivity contribution in [2.45, 2.75) is 43.5 Å². The van der Waals surface area contributed by atoms with Gasteiger partial charge in [-0.2, -0.15) is 0 Å². The summed E-state index contributed by atoms with van der Waals surface area (Å²) < 4.78 is 50.3. The summed E-state index contributed by atoms with van der Waals surface area (Å²) >= 11 is 0. The number of rotatable bonds is 6. The van der Waals surface area contributed by atoms with Crippen LogP contribution in [0.1, 0.15) is 31.2 Å². The first-order valence-electron chi connectivity index (χ1n) is 9.42. The van der Waals surface area contributed by atoms with Crippen LogP contribution in [-0.2, 0) is 24.7 Å². The van der Waals surface area contributed by atoms with Crippen LogP contribution < -0.4 is 10.0 Å². The molecule has 0 unspecified atom stereocenters. The summed E-state index contributed by atoms with van der Waals surface area (Å²) in [5, 5.41) is 3.93. The molecule has 1 fully saturated rings. The fourth-order valence-electron chi connectivity index (χ4n) is 3.62. The van der Waals surface area contributed by atoms with Crippen molar-refractivity contribution in [1.82, 2.24) is 10.0 Å². The molecule has 1 aliphatic carbocycles. The molecule has 0 saturated heterocycles. The molecule has 1 saturated carbocycles. The van der Waals surface area contributed by atoms with Crippen LogP contribution in [0.5, 0.6) is 0 Å². The van der Waals surface area contributed by atoms with Crippen LogP contribution >= 0.6 is 0 Å². The highest BCUT2D eigenvalue weighted by atomic mass is 32.2. The van der Waals surface area contributed by atoms with Gasteiger partial charge in [-0.1, -0.05) is 17.7 Å². The van der Waals surface area contributed by atoms with Crippen molar-refractivity contribution in [3.05, 3.63) is 41.3 Å². The Balaban J connectivity index is 1.44. The van der Waals surface area contributed by atoms with Gasteiger partial charge < -0.3 is 5.32 Å². The van der Waals surface area contributed by atoms with Crippen LogP contribution in [0.3, 0.4) is 0 Å². The number of benzene rings is 1. The maximum absolute atomic E-state index is 12.4. The van der Waals surface area contributed by atoms with E-state index < -0.39 is 25.9 Å². The molecule has 1 amide bonds. The number of carbonyl (C=O) groups is 1. The van der Waals surface area contributed by atoms with Gasteiger partial charge in [-0.25, -0.2) is 21.6 Å². The van der Waals surface area contributed by atoms with Crippen LogP contribution in [-0.4, -0.2) is 41.1 Å². The van der Waals surface area contributed by atoms with Gasteiger partial charge in [0.25, 0.3) is 0 Å². The van der Waals surface area contributed by atoms with Crippen molar-refractivity contribution >= 4 is 25.8 Å². The van der Waals surface area contributed by atoms with Crippen LogP contribution in [0.25, 0.3) is 0 Å². The van der Waals surface area contributed by atoms with E-state index in [1.165, 1.54) is 6.08 Å². The maximum Gasteiger partial charge on any atom is 0.240 e. The molecule has 154 valence electrons. The van der Waals surface area contributed by atoms with Gasteiger partial charge in [-0.15, -0.1) is 0 Å². The number of carbonyl (C=O) groups excluding carboxylic acids is 1.